The van der Waals surface area contributed by atoms with Crippen molar-refractivity contribution in [2.24, 2.45) is 5.73 Å². The van der Waals surface area contributed by atoms with Crippen LogP contribution in [-0.4, -0.2) is 20.3 Å². The highest BCUT2D eigenvalue weighted by atomic mass is 28.4. The van der Waals surface area contributed by atoms with Gasteiger partial charge in [-0.1, -0.05) is 0 Å². The first kappa shape index (κ1) is 9.65. The van der Waals surface area contributed by atoms with Gasteiger partial charge in [0.1, 0.15) is 0 Å². The second kappa shape index (κ2) is 3.16. The van der Waals surface area contributed by atoms with Crippen molar-refractivity contribution in [2.75, 3.05) is 0 Å². The Hall–Kier alpha value is -0.353. The maximum atomic E-state index is 10.8. The minimum absolute atomic E-state index is 0.292. The zero-order chi connectivity index (χ0) is 8.36. The van der Waals surface area contributed by atoms with E-state index in [0.717, 1.165) is 0 Å². The SMILES string of the molecule is CC(N)C(=O)O[Si](C)(C)C. The summed E-state index contributed by atoms with van der Waals surface area (Å²) in [6.07, 6.45) is 0. The highest BCUT2D eigenvalue weighted by molar-refractivity contribution is 6.71. The Kier molecular flexibility index (Phi) is 3.05. The Bertz CT molecular complexity index is 128. The monoisotopic (exact) mass is 161 g/mol. The summed E-state index contributed by atoms with van der Waals surface area (Å²) in [5, 5.41) is 0. The van der Waals surface area contributed by atoms with Gasteiger partial charge in [-0.3, -0.25) is 4.79 Å². The first-order chi connectivity index (χ1) is 4.33. The van der Waals surface area contributed by atoms with E-state index < -0.39 is 14.4 Å². The minimum Gasteiger partial charge on any atom is -0.519 e. The molecule has 0 amide bonds. The summed E-state index contributed by atoms with van der Waals surface area (Å²) in [4.78, 5) is 10.8. The molecule has 0 aliphatic rings. The molecule has 0 saturated carbocycles. The highest BCUT2D eigenvalue weighted by Crippen LogP contribution is 2.03. The van der Waals surface area contributed by atoms with Gasteiger partial charge in [0.15, 0.2) is 0 Å². The Morgan fingerprint density at radius 1 is 1.50 bits per heavy atom. The molecule has 10 heavy (non-hydrogen) atoms. The molecule has 3 nitrogen and oxygen atoms in total. The van der Waals surface area contributed by atoms with Gasteiger partial charge in [-0.05, 0) is 26.6 Å². The van der Waals surface area contributed by atoms with E-state index in [9.17, 15) is 4.79 Å². The predicted molar refractivity (Wildman–Crippen MR) is 43.1 cm³/mol. The van der Waals surface area contributed by atoms with Crippen LogP contribution in [0.5, 0.6) is 0 Å². The third kappa shape index (κ3) is 4.52. The summed E-state index contributed by atoms with van der Waals surface area (Å²) in [6.45, 7) is 7.48. The van der Waals surface area contributed by atoms with Crippen molar-refractivity contribution < 1.29 is 9.22 Å². The number of hydrogen-bond acceptors (Lipinski definition) is 3. The van der Waals surface area contributed by atoms with Crippen LogP contribution < -0.4 is 5.73 Å². The molecular weight excluding hydrogens is 146 g/mol. The van der Waals surface area contributed by atoms with Crippen LogP contribution in [0, 0.1) is 0 Å². The largest absolute Gasteiger partial charge is 0.519 e. The fourth-order valence-electron chi connectivity index (χ4n) is 0.395. The van der Waals surface area contributed by atoms with Crippen LogP contribution in [0.15, 0.2) is 0 Å². The lowest BCUT2D eigenvalue weighted by molar-refractivity contribution is -0.136. The molecule has 0 saturated heterocycles. The Morgan fingerprint density at radius 3 is 2.00 bits per heavy atom. The first-order valence-electron chi connectivity index (χ1n) is 3.31. The van der Waals surface area contributed by atoms with Gasteiger partial charge in [-0.15, -0.1) is 0 Å². The number of hydrogen-bond donors (Lipinski definition) is 1. The summed E-state index contributed by atoms with van der Waals surface area (Å²) in [7, 11) is -1.71. The van der Waals surface area contributed by atoms with Gasteiger partial charge in [0.25, 0.3) is 0 Å². The van der Waals surface area contributed by atoms with Gasteiger partial charge in [0.2, 0.25) is 8.32 Å². The van der Waals surface area contributed by atoms with Gasteiger partial charge < -0.3 is 10.2 Å². The third-order valence-electron chi connectivity index (χ3n) is 0.779. The number of rotatable bonds is 2. The summed E-state index contributed by atoms with van der Waals surface area (Å²) >= 11 is 0. The van der Waals surface area contributed by atoms with Gasteiger partial charge >= 0.3 is 5.97 Å². The van der Waals surface area contributed by atoms with Gasteiger partial charge in [0.05, 0.1) is 6.04 Å². The quantitative estimate of drug-likeness (QED) is 0.607. The van der Waals surface area contributed by atoms with E-state index in [-0.39, 0.29) is 5.97 Å². The maximum Gasteiger partial charge on any atom is 0.309 e. The number of nitrogens with two attached hydrogens (primary N) is 1. The second-order valence-corrected chi connectivity index (χ2v) is 7.75. The molecule has 60 valence electrons. The number of carbonyl (C=O) groups is 1. The molecule has 0 bridgehead atoms. The van der Waals surface area contributed by atoms with Crippen LogP contribution in [0.3, 0.4) is 0 Å². The fourth-order valence-corrected chi connectivity index (χ4v) is 1.18. The molecule has 0 spiro atoms. The molecule has 0 radical (unpaired) electrons. The average molecular weight is 161 g/mol. The third-order valence-corrected chi connectivity index (χ3v) is 1.59. The van der Waals surface area contributed by atoms with E-state index >= 15 is 0 Å². The summed E-state index contributed by atoms with van der Waals surface area (Å²) in [6, 6.07) is -0.494. The molecule has 1 unspecified atom stereocenters. The molecule has 0 aromatic heterocycles. The fraction of sp³-hybridized carbons (Fsp3) is 0.833. The van der Waals surface area contributed by atoms with Gasteiger partial charge in [0, 0.05) is 0 Å². The molecule has 1 atom stereocenters. The van der Waals surface area contributed by atoms with E-state index in [1.807, 2.05) is 19.6 Å². The molecule has 2 N–H and O–H groups in total. The molecule has 0 fully saturated rings. The van der Waals surface area contributed by atoms with Crippen LogP contribution in [0.25, 0.3) is 0 Å². The molecule has 0 heterocycles. The average Bonchev–Trinajstić information content (AvgIpc) is 1.60. The van der Waals surface area contributed by atoms with Crippen molar-refractivity contribution in [3.8, 4) is 0 Å². The zero-order valence-corrected chi connectivity index (χ0v) is 7.97. The molecule has 0 rings (SSSR count). The predicted octanol–water partition coefficient (Wildman–Crippen LogP) is 0.712. The van der Waals surface area contributed by atoms with E-state index in [2.05, 4.69) is 0 Å². The molecule has 4 heteroatoms. The Balaban J connectivity index is 3.81. The van der Waals surface area contributed by atoms with Crippen LogP contribution in [0.2, 0.25) is 19.6 Å². The highest BCUT2D eigenvalue weighted by Gasteiger charge is 2.21. The summed E-state index contributed by atoms with van der Waals surface area (Å²) in [5.74, 6) is -0.292. The molecule has 0 aromatic rings. The van der Waals surface area contributed by atoms with Crippen molar-refractivity contribution in [2.45, 2.75) is 32.6 Å². The van der Waals surface area contributed by atoms with Crippen molar-refractivity contribution >= 4 is 14.3 Å². The van der Waals surface area contributed by atoms with Crippen LogP contribution in [0.1, 0.15) is 6.92 Å². The standard InChI is InChI=1S/C6H15NO2Si/c1-5(7)6(8)9-10(2,3)4/h5H,7H2,1-4H3. The molecule has 0 aliphatic carbocycles. The normalized spacial score (nSPS) is 14.5. The lowest BCUT2D eigenvalue weighted by Crippen LogP contribution is -2.37. The molecule has 0 aromatic carbocycles. The van der Waals surface area contributed by atoms with E-state index in [1.54, 1.807) is 6.92 Å². The van der Waals surface area contributed by atoms with Crippen molar-refractivity contribution in [3.63, 3.8) is 0 Å². The molecular formula is C6H15NO2Si. The van der Waals surface area contributed by atoms with E-state index in [1.165, 1.54) is 0 Å². The van der Waals surface area contributed by atoms with Gasteiger partial charge in [-0.25, -0.2) is 0 Å². The van der Waals surface area contributed by atoms with Crippen LogP contribution in [0.4, 0.5) is 0 Å². The topological polar surface area (TPSA) is 52.3 Å². The zero-order valence-electron chi connectivity index (χ0n) is 6.97. The molecule has 0 aliphatic heterocycles. The first-order valence-corrected chi connectivity index (χ1v) is 6.72. The van der Waals surface area contributed by atoms with Crippen molar-refractivity contribution in [3.05, 3.63) is 0 Å². The van der Waals surface area contributed by atoms with E-state index in [4.69, 9.17) is 10.2 Å². The van der Waals surface area contributed by atoms with E-state index in [0.29, 0.717) is 0 Å². The lowest BCUT2D eigenvalue weighted by Gasteiger charge is -2.18. The van der Waals surface area contributed by atoms with Crippen molar-refractivity contribution in [1.29, 1.82) is 0 Å². The van der Waals surface area contributed by atoms with Crippen LogP contribution >= 0.6 is 0 Å². The maximum absolute atomic E-state index is 10.8. The van der Waals surface area contributed by atoms with Gasteiger partial charge in [-0.2, -0.15) is 0 Å². The minimum atomic E-state index is -1.71. The lowest BCUT2D eigenvalue weighted by atomic mass is 10.4. The summed E-state index contributed by atoms with van der Waals surface area (Å²) in [5.41, 5.74) is 5.29. The second-order valence-electron chi connectivity index (χ2n) is 3.32. The Morgan fingerprint density at radius 2 is 1.90 bits per heavy atom. The van der Waals surface area contributed by atoms with Crippen LogP contribution in [-0.2, 0) is 9.22 Å². The smallest absolute Gasteiger partial charge is 0.309 e. The number of carbonyl (C=O) groups excluding carboxylic acids is 1. The Labute approximate surface area is 62.7 Å². The van der Waals surface area contributed by atoms with Crippen molar-refractivity contribution in [1.82, 2.24) is 0 Å². The summed E-state index contributed by atoms with van der Waals surface area (Å²) < 4.78 is 5.07.